The zero-order chi connectivity index (χ0) is 13.1. The molecule has 0 radical (unpaired) electrons. The van der Waals surface area contributed by atoms with Gasteiger partial charge in [0.15, 0.2) is 0 Å². The number of nitrogens with one attached hydrogen (secondary N) is 1. The van der Waals surface area contributed by atoms with Crippen molar-refractivity contribution in [1.29, 1.82) is 0 Å². The SMILES string of the molecule is CC(CNC(=O)C1CCCC1CN)C(C)(C)C. The molecule has 0 saturated heterocycles. The van der Waals surface area contributed by atoms with Gasteiger partial charge in [-0.2, -0.15) is 0 Å². The summed E-state index contributed by atoms with van der Waals surface area (Å²) < 4.78 is 0. The van der Waals surface area contributed by atoms with Crippen LogP contribution in [-0.2, 0) is 4.79 Å². The quantitative estimate of drug-likeness (QED) is 0.791. The van der Waals surface area contributed by atoms with Gasteiger partial charge in [-0.15, -0.1) is 0 Å². The van der Waals surface area contributed by atoms with E-state index in [0.717, 1.165) is 25.8 Å². The van der Waals surface area contributed by atoms with Crippen LogP contribution in [0.5, 0.6) is 0 Å². The maximum absolute atomic E-state index is 12.1. The fourth-order valence-corrected chi connectivity index (χ4v) is 2.36. The van der Waals surface area contributed by atoms with Crippen molar-refractivity contribution in [3.8, 4) is 0 Å². The number of nitrogens with two attached hydrogens (primary N) is 1. The lowest BCUT2D eigenvalue weighted by Gasteiger charge is -2.28. The summed E-state index contributed by atoms with van der Waals surface area (Å²) in [7, 11) is 0. The summed E-state index contributed by atoms with van der Waals surface area (Å²) in [5.74, 6) is 1.27. The molecule has 0 heterocycles. The molecule has 0 bridgehead atoms. The topological polar surface area (TPSA) is 55.1 Å². The minimum Gasteiger partial charge on any atom is -0.356 e. The molecule has 3 nitrogen and oxygen atoms in total. The number of hydrogen-bond donors (Lipinski definition) is 2. The second-order valence-electron chi connectivity index (χ2n) is 6.55. The molecular weight excluding hydrogens is 212 g/mol. The van der Waals surface area contributed by atoms with Crippen LogP contribution in [0.1, 0.15) is 47.0 Å². The molecule has 1 saturated carbocycles. The zero-order valence-corrected chi connectivity index (χ0v) is 11.8. The highest BCUT2D eigenvalue weighted by Crippen LogP contribution is 2.31. The molecule has 100 valence electrons. The van der Waals surface area contributed by atoms with Crippen LogP contribution in [-0.4, -0.2) is 19.0 Å². The fraction of sp³-hybridized carbons (Fsp3) is 0.929. The fourth-order valence-electron chi connectivity index (χ4n) is 2.36. The molecule has 1 rings (SSSR count). The van der Waals surface area contributed by atoms with Gasteiger partial charge >= 0.3 is 0 Å². The number of rotatable bonds is 4. The van der Waals surface area contributed by atoms with E-state index < -0.39 is 0 Å². The van der Waals surface area contributed by atoms with Gasteiger partial charge in [0.2, 0.25) is 5.91 Å². The second kappa shape index (κ2) is 5.85. The Hall–Kier alpha value is -0.570. The molecular formula is C14H28N2O. The van der Waals surface area contributed by atoms with Crippen LogP contribution in [0.3, 0.4) is 0 Å². The standard InChI is InChI=1S/C14H28N2O/c1-10(14(2,3)4)9-16-13(17)12-7-5-6-11(12)8-15/h10-12H,5-9,15H2,1-4H3,(H,16,17). The summed E-state index contributed by atoms with van der Waals surface area (Å²) in [6.45, 7) is 10.2. The summed E-state index contributed by atoms with van der Waals surface area (Å²) in [4.78, 5) is 12.1. The molecule has 17 heavy (non-hydrogen) atoms. The van der Waals surface area contributed by atoms with E-state index in [2.05, 4.69) is 33.0 Å². The van der Waals surface area contributed by atoms with Crippen molar-refractivity contribution in [1.82, 2.24) is 5.32 Å². The first-order valence-electron chi connectivity index (χ1n) is 6.84. The van der Waals surface area contributed by atoms with Crippen LogP contribution < -0.4 is 11.1 Å². The van der Waals surface area contributed by atoms with E-state index in [-0.39, 0.29) is 17.2 Å². The van der Waals surface area contributed by atoms with E-state index in [1.807, 2.05) is 0 Å². The lowest BCUT2D eigenvalue weighted by Crippen LogP contribution is -2.39. The van der Waals surface area contributed by atoms with Crippen molar-refractivity contribution in [3.05, 3.63) is 0 Å². The Morgan fingerprint density at radius 2 is 2.06 bits per heavy atom. The summed E-state index contributed by atoms with van der Waals surface area (Å²) in [6, 6.07) is 0. The summed E-state index contributed by atoms with van der Waals surface area (Å²) in [6.07, 6.45) is 3.27. The summed E-state index contributed by atoms with van der Waals surface area (Å²) >= 11 is 0. The Morgan fingerprint density at radius 3 is 2.59 bits per heavy atom. The largest absolute Gasteiger partial charge is 0.356 e. The van der Waals surface area contributed by atoms with Gasteiger partial charge < -0.3 is 11.1 Å². The van der Waals surface area contributed by atoms with Gasteiger partial charge in [0.05, 0.1) is 0 Å². The van der Waals surface area contributed by atoms with Crippen LogP contribution in [0.15, 0.2) is 0 Å². The van der Waals surface area contributed by atoms with Crippen LogP contribution in [0.25, 0.3) is 0 Å². The number of carbonyl (C=O) groups is 1. The minimum absolute atomic E-state index is 0.159. The van der Waals surface area contributed by atoms with E-state index in [1.54, 1.807) is 0 Å². The van der Waals surface area contributed by atoms with Crippen LogP contribution in [0.2, 0.25) is 0 Å². The van der Waals surface area contributed by atoms with Gasteiger partial charge in [0.25, 0.3) is 0 Å². The maximum Gasteiger partial charge on any atom is 0.223 e. The predicted octanol–water partition coefficient (Wildman–Crippen LogP) is 2.16. The Kier molecular flexibility index (Phi) is 4.99. The van der Waals surface area contributed by atoms with Crippen molar-refractivity contribution in [2.45, 2.75) is 47.0 Å². The minimum atomic E-state index is 0.159. The van der Waals surface area contributed by atoms with Crippen molar-refractivity contribution >= 4 is 5.91 Å². The van der Waals surface area contributed by atoms with Crippen LogP contribution in [0.4, 0.5) is 0 Å². The summed E-state index contributed by atoms with van der Waals surface area (Å²) in [5.41, 5.74) is 5.95. The number of amides is 1. The molecule has 0 aromatic carbocycles. The van der Waals surface area contributed by atoms with Crippen LogP contribution >= 0.6 is 0 Å². The third-order valence-electron chi connectivity index (χ3n) is 4.36. The molecule has 3 heteroatoms. The maximum atomic E-state index is 12.1. The van der Waals surface area contributed by atoms with E-state index in [4.69, 9.17) is 5.73 Å². The molecule has 3 atom stereocenters. The van der Waals surface area contributed by atoms with E-state index in [9.17, 15) is 4.79 Å². The normalized spacial score (nSPS) is 26.9. The average Bonchev–Trinajstić information content (AvgIpc) is 2.71. The molecule has 1 fully saturated rings. The van der Waals surface area contributed by atoms with Crippen molar-refractivity contribution in [2.24, 2.45) is 28.9 Å². The Bertz CT molecular complexity index is 257. The van der Waals surface area contributed by atoms with E-state index in [1.165, 1.54) is 0 Å². The lowest BCUT2D eigenvalue weighted by atomic mass is 9.82. The third-order valence-corrected chi connectivity index (χ3v) is 4.36. The van der Waals surface area contributed by atoms with Gasteiger partial charge in [-0.25, -0.2) is 0 Å². The third kappa shape index (κ3) is 3.98. The first kappa shape index (κ1) is 14.5. The summed E-state index contributed by atoms with van der Waals surface area (Å²) in [5, 5.41) is 3.10. The van der Waals surface area contributed by atoms with Crippen molar-refractivity contribution in [2.75, 3.05) is 13.1 Å². The molecule has 0 aliphatic heterocycles. The molecule has 3 unspecified atom stereocenters. The molecule has 3 N–H and O–H groups in total. The van der Waals surface area contributed by atoms with E-state index >= 15 is 0 Å². The van der Waals surface area contributed by atoms with Gasteiger partial charge in [0.1, 0.15) is 0 Å². The van der Waals surface area contributed by atoms with Gasteiger partial charge in [-0.1, -0.05) is 34.1 Å². The smallest absolute Gasteiger partial charge is 0.223 e. The lowest BCUT2D eigenvalue weighted by molar-refractivity contribution is -0.126. The van der Waals surface area contributed by atoms with Gasteiger partial charge in [-0.3, -0.25) is 4.79 Å². The highest BCUT2D eigenvalue weighted by Gasteiger charge is 2.32. The highest BCUT2D eigenvalue weighted by molar-refractivity contribution is 5.79. The van der Waals surface area contributed by atoms with Crippen molar-refractivity contribution < 1.29 is 4.79 Å². The van der Waals surface area contributed by atoms with Crippen LogP contribution in [0, 0.1) is 23.2 Å². The molecule has 1 amide bonds. The molecule has 0 spiro atoms. The Balaban J connectivity index is 2.39. The van der Waals surface area contributed by atoms with Crippen molar-refractivity contribution in [3.63, 3.8) is 0 Å². The molecule has 1 aliphatic rings. The molecule has 0 aromatic heterocycles. The average molecular weight is 240 g/mol. The highest BCUT2D eigenvalue weighted by atomic mass is 16.1. The monoisotopic (exact) mass is 240 g/mol. The number of carbonyl (C=O) groups excluding carboxylic acids is 1. The molecule has 1 aliphatic carbocycles. The zero-order valence-electron chi connectivity index (χ0n) is 11.8. The van der Waals surface area contributed by atoms with E-state index in [0.29, 0.717) is 18.4 Å². The Morgan fingerprint density at radius 1 is 1.41 bits per heavy atom. The van der Waals surface area contributed by atoms with Gasteiger partial charge in [-0.05, 0) is 36.6 Å². The number of hydrogen-bond acceptors (Lipinski definition) is 2. The first-order valence-corrected chi connectivity index (χ1v) is 6.84. The van der Waals surface area contributed by atoms with Gasteiger partial charge in [0, 0.05) is 12.5 Å². The second-order valence-corrected chi connectivity index (χ2v) is 6.55. The first-order chi connectivity index (χ1) is 7.86. The Labute approximate surface area is 106 Å². The predicted molar refractivity (Wildman–Crippen MR) is 71.5 cm³/mol. The molecule has 0 aromatic rings.